The maximum absolute atomic E-state index is 5.49. The first kappa shape index (κ1) is 13.1. The molecule has 0 spiro atoms. The topological polar surface area (TPSA) is 27.7 Å². The van der Waals surface area contributed by atoms with E-state index < -0.39 is 9.53 Å². The van der Waals surface area contributed by atoms with E-state index in [2.05, 4.69) is 20.8 Å². The summed E-state index contributed by atoms with van der Waals surface area (Å²) in [6.45, 7) is 8.53. The Morgan fingerprint density at radius 2 is 1.08 bits per heavy atom. The lowest BCUT2D eigenvalue weighted by Gasteiger charge is -2.15. The fraction of sp³-hybridized carbons (Fsp3) is 1.00. The highest BCUT2D eigenvalue weighted by Gasteiger charge is 2.13. The minimum absolute atomic E-state index is 0. The highest BCUT2D eigenvalue weighted by Crippen LogP contribution is 1.96. The summed E-state index contributed by atoms with van der Waals surface area (Å²) < 4.78 is 16.5. The smallest absolute Gasteiger partial charge is 0.376 e. The lowest BCUT2D eigenvalue weighted by atomic mass is 10.5. The van der Waals surface area contributed by atoms with Crippen LogP contribution < -0.4 is 0 Å². The van der Waals surface area contributed by atoms with E-state index in [1.165, 1.54) is 0 Å². The van der Waals surface area contributed by atoms with Crippen LogP contribution in [0.1, 0.15) is 41.5 Å². The van der Waals surface area contributed by atoms with Crippen molar-refractivity contribution >= 4 is 9.53 Å². The van der Waals surface area contributed by atoms with Gasteiger partial charge in [0.1, 0.15) is 0 Å². The van der Waals surface area contributed by atoms with E-state index in [1.807, 2.05) is 0 Å². The van der Waals surface area contributed by atoms with Gasteiger partial charge in [-0.25, -0.2) is 0 Å². The lowest BCUT2D eigenvalue weighted by molar-refractivity contribution is 0.0933. The minimum Gasteiger partial charge on any atom is -0.376 e. The Hall–Kier alpha value is 0.0969. The average Bonchev–Trinajstić information content (AvgIpc) is 2.17. The zero-order valence-corrected chi connectivity index (χ0v) is 10.2. The van der Waals surface area contributed by atoms with Crippen LogP contribution in [-0.4, -0.2) is 29.3 Å². The van der Waals surface area contributed by atoms with Crippen LogP contribution in [-0.2, 0) is 13.3 Å². The largest absolute Gasteiger partial charge is 0.484 e. The fourth-order valence-corrected chi connectivity index (χ4v) is 2.36. The van der Waals surface area contributed by atoms with E-state index in [0.29, 0.717) is 0 Å². The summed E-state index contributed by atoms with van der Waals surface area (Å²) in [7, 11) is -1.79. The Kier molecular flexibility index (Phi) is 10.3. The van der Waals surface area contributed by atoms with Crippen molar-refractivity contribution in [1.82, 2.24) is 0 Å². The lowest BCUT2D eigenvalue weighted by Crippen LogP contribution is -2.28. The van der Waals surface area contributed by atoms with E-state index in [0.717, 1.165) is 39.1 Å². The van der Waals surface area contributed by atoms with Gasteiger partial charge < -0.3 is 13.3 Å². The van der Waals surface area contributed by atoms with Gasteiger partial charge in [0, 0.05) is 21.2 Å². The van der Waals surface area contributed by atoms with Crippen molar-refractivity contribution in [2.45, 2.75) is 40.0 Å². The van der Waals surface area contributed by atoms with Gasteiger partial charge in [-0.15, -0.1) is 0 Å². The summed E-state index contributed by atoms with van der Waals surface area (Å²) in [6.07, 6.45) is 3.07. The summed E-state index contributed by atoms with van der Waals surface area (Å²) in [5, 5.41) is 0. The molecule has 0 unspecified atom stereocenters. The molecule has 0 rings (SSSR count). The average molecular weight is 208 g/mol. The monoisotopic (exact) mass is 208 g/mol. The molecule has 0 aromatic carbocycles. The molecule has 0 saturated heterocycles. The molecule has 0 aliphatic carbocycles. The highest BCUT2D eigenvalue weighted by atomic mass is 28.3. The van der Waals surface area contributed by atoms with Crippen LogP contribution in [0, 0.1) is 0 Å². The third kappa shape index (κ3) is 8.43. The molecule has 0 aromatic rings. The molecule has 0 aliphatic heterocycles. The van der Waals surface area contributed by atoms with Gasteiger partial charge in [-0.2, -0.15) is 0 Å². The molecule has 0 atom stereocenters. The molecule has 0 aliphatic rings. The first-order valence-corrected chi connectivity index (χ1v) is 6.61. The van der Waals surface area contributed by atoms with Crippen molar-refractivity contribution in [1.29, 1.82) is 0 Å². The summed E-state index contributed by atoms with van der Waals surface area (Å²) in [5.41, 5.74) is 0. The van der Waals surface area contributed by atoms with Gasteiger partial charge in [-0.1, -0.05) is 20.8 Å². The van der Waals surface area contributed by atoms with Gasteiger partial charge >= 0.3 is 9.53 Å². The predicted octanol–water partition coefficient (Wildman–Crippen LogP) is 2.23. The van der Waals surface area contributed by atoms with Crippen molar-refractivity contribution in [3.63, 3.8) is 0 Å². The van der Waals surface area contributed by atoms with Gasteiger partial charge in [0.2, 0.25) is 0 Å². The Morgan fingerprint density at radius 1 is 0.769 bits per heavy atom. The first-order chi connectivity index (χ1) is 6.35. The summed E-state index contributed by atoms with van der Waals surface area (Å²) >= 11 is 0. The molecular formula is C9H24O3Si. The zero-order chi connectivity index (χ0) is 9.94. The number of hydrogen-bond acceptors (Lipinski definition) is 3. The van der Waals surface area contributed by atoms with Gasteiger partial charge in [-0.3, -0.25) is 0 Å². The molecule has 13 heavy (non-hydrogen) atoms. The van der Waals surface area contributed by atoms with Crippen molar-refractivity contribution in [2.24, 2.45) is 0 Å². The van der Waals surface area contributed by atoms with Crippen molar-refractivity contribution < 1.29 is 14.7 Å². The molecule has 82 valence electrons. The SMILES string of the molecule is CCCO[SiH](OCCC)OCCC.[HH]. The molecule has 0 aromatic heterocycles. The number of rotatable bonds is 9. The van der Waals surface area contributed by atoms with Crippen LogP contribution in [0.2, 0.25) is 0 Å². The molecule has 4 heteroatoms. The second-order valence-corrected chi connectivity index (χ2v) is 4.48. The van der Waals surface area contributed by atoms with Crippen LogP contribution in [0.4, 0.5) is 0 Å². The van der Waals surface area contributed by atoms with Crippen LogP contribution in [0.3, 0.4) is 0 Å². The van der Waals surface area contributed by atoms with Crippen LogP contribution in [0.5, 0.6) is 0 Å². The van der Waals surface area contributed by atoms with E-state index in [-0.39, 0.29) is 1.43 Å². The summed E-state index contributed by atoms with van der Waals surface area (Å²) in [6, 6.07) is 0. The zero-order valence-electron chi connectivity index (χ0n) is 9.04. The first-order valence-electron chi connectivity index (χ1n) is 5.19. The third-order valence-electron chi connectivity index (χ3n) is 1.37. The predicted molar refractivity (Wildman–Crippen MR) is 58.0 cm³/mol. The molecule has 0 N–H and O–H groups in total. The minimum atomic E-state index is -1.79. The molecule has 0 bridgehead atoms. The standard InChI is InChI=1S/C9H22O3Si.H2/c1-4-7-10-13(11-8-5-2)12-9-6-3;/h13H,4-9H2,1-3H3;1H. The second kappa shape index (κ2) is 10.2. The number of hydrogen-bond donors (Lipinski definition) is 0. The molecule has 3 nitrogen and oxygen atoms in total. The molecular weight excluding hydrogens is 184 g/mol. The van der Waals surface area contributed by atoms with Gasteiger partial charge in [0.15, 0.2) is 0 Å². The van der Waals surface area contributed by atoms with E-state index in [9.17, 15) is 0 Å². The molecule has 0 radical (unpaired) electrons. The fourth-order valence-electron chi connectivity index (χ4n) is 0.787. The van der Waals surface area contributed by atoms with Gasteiger partial charge in [-0.05, 0) is 19.3 Å². The van der Waals surface area contributed by atoms with Gasteiger partial charge in [0.25, 0.3) is 0 Å². The Morgan fingerprint density at radius 3 is 1.31 bits per heavy atom. The van der Waals surface area contributed by atoms with Gasteiger partial charge in [0.05, 0.1) is 0 Å². The quantitative estimate of drug-likeness (QED) is 0.544. The summed E-state index contributed by atoms with van der Waals surface area (Å²) in [4.78, 5) is 0. The van der Waals surface area contributed by atoms with Crippen LogP contribution in [0.15, 0.2) is 0 Å². The molecule has 0 heterocycles. The van der Waals surface area contributed by atoms with Crippen molar-refractivity contribution in [2.75, 3.05) is 19.8 Å². The Bertz CT molecular complexity index is 87.0. The third-order valence-corrected chi connectivity index (χ3v) is 2.90. The maximum Gasteiger partial charge on any atom is 0.484 e. The second-order valence-electron chi connectivity index (χ2n) is 2.90. The molecule has 0 saturated carbocycles. The maximum atomic E-state index is 5.49. The van der Waals surface area contributed by atoms with Crippen molar-refractivity contribution in [3.05, 3.63) is 0 Å². The van der Waals surface area contributed by atoms with E-state index in [4.69, 9.17) is 13.3 Å². The molecule has 0 amide bonds. The Labute approximate surface area is 84.8 Å². The molecule has 0 fully saturated rings. The van der Waals surface area contributed by atoms with E-state index >= 15 is 0 Å². The van der Waals surface area contributed by atoms with Crippen molar-refractivity contribution in [3.8, 4) is 0 Å². The Balaban J connectivity index is 0. The highest BCUT2D eigenvalue weighted by molar-refractivity contribution is 6.36. The van der Waals surface area contributed by atoms with E-state index in [1.54, 1.807) is 0 Å². The summed E-state index contributed by atoms with van der Waals surface area (Å²) in [5.74, 6) is 0. The van der Waals surface area contributed by atoms with Crippen LogP contribution >= 0.6 is 0 Å². The normalized spacial score (nSPS) is 11.1. The van der Waals surface area contributed by atoms with Crippen LogP contribution in [0.25, 0.3) is 0 Å².